The van der Waals surface area contributed by atoms with Crippen molar-refractivity contribution in [2.45, 2.75) is 17.7 Å². The molecule has 0 radical (unpaired) electrons. The summed E-state index contributed by atoms with van der Waals surface area (Å²) in [7, 11) is -3.69. The Morgan fingerprint density at radius 3 is 2.30 bits per heavy atom. The number of piperazine rings is 1. The molecule has 0 saturated carbocycles. The average molecular weight is 408 g/mol. The number of amides is 1. The molecule has 0 aliphatic carbocycles. The molecule has 0 spiro atoms. The molecular weight excluding hydrogens is 386 g/mol. The number of hydrogen-bond donors (Lipinski definition) is 1. The Morgan fingerprint density at radius 2 is 1.70 bits per heavy atom. The first-order chi connectivity index (χ1) is 12.8. The minimum absolute atomic E-state index is 0.0784. The third-order valence-electron chi connectivity index (χ3n) is 4.69. The molecule has 0 bridgehead atoms. The summed E-state index contributed by atoms with van der Waals surface area (Å²) in [5.41, 5.74) is 1.98. The van der Waals surface area contributed by atoms with E-state index in [2.05, 4.69) is 4.90 Å². The fraction of sp³-hybridized carbons (Fsp3) is 0.316. The SMILES string of the molecule is NS(=O)(=O)c1ccc(CCC(=O)N2CCN(c3cccc(Cl)c3)CC2)cc1. The molecule has 1 fully saturated rings. The third kappa shape index (κ3) is 5.22. The lowest BCUT2D eigenvalue weighted by Gasteiger charge is -2.36. The van der Waals surface area contributed by atoms with Gasteiger partial charge in [0.05, 0.1) is 4.90 Å². The Hall–Kier alpha value is -2.09. The number of hydrogen-bond acceptors (Lipinski definition) is 4. The van der Waals surface area contributed by atoms with Gasteiger partial charge in [0.15, 0.2) is 0 Å². The van der Waals surface area contributed by atoms with Gasteiger partial charge >= 0.3 is 0 Å². The van der Waals surface area contributed by atoms with Crippen LogP contribution in [0.4, 0.5) is 5.69 Å². The van der Waals surface area contributed by atoms with Crippen molar-refractivity contribution in [3.8, 4) is 0 Å². The molecule has 27 heavy (non-hydrogen) atoms. The molecule has 0 unspecified atom stereocenters. The van der Waals surface area contributed by atoms with Gasteiger partial charge in [0.2, 0.25) is 15.9 Å². The van der Waals surface area contributed by atoms with Crippen LogP contribution in [0.5, 0.6) is 0 Å². The molecule has 6 nitrogen and oxygen atoms in total. The average Bonchev–Trinajstić information content (AvgIpc) is 2.66. The lowest BCUT2D eigenvalue weighted by Crippen LogP contribution is -2.48. The van der Waals surface area contributed by atoms with Gasteiger partial charge in [-0.25, -0.2) is 13.6 Å². The van der Waals surface area contributed by atoms with E-state index in [0.717, 1.165) is 24.3 Å². The van der Waals surface area contributed by atoms with Gasteiger partial charge in [0, 0.05) is 43.3 Å². The van der Waals surface area contributed by atoms with Crippen molar-refractivity contribution >= 4 is 33.2 Å². The van der Waals surface area contributed by atoms with E-state index in [4.69, 9.17) is 16.7 Å². The monoisotopic (exact) mass is 407 g/mol. The number of carbonyl (C=O) groups excluding carboxylic acids is 1. The van der Waals surface area contributed by atoms with Crippen molar-refractivity contribution < 1.29 is 13.2 Å². The van der Waals surface area contributed by atoms with Crippen LogP contribution in [0, 0.1) is 0 Å². The zero-order valence-electron chi connectivity index (χ0n) is 14.8. The standard InChI is InChI=1S/C19H22ClN3O3S/c20-16-2-1-3-17(14-16)22-10-12-23(13-11-22)19(24)9-6-15-4-7-18(8-5-15)27(21,25)26/h1-5,7-8,14H,6,9-13H2,(H2,21,25,26). The smallest absolute Gasteiger partial charge is 0.238 e. The van der Waals surface area contributed by atoms with E-state index in [9.17, 15) is 13.2 Å². The van der Waals surface area contributed by atoms with Crippen molar-refractivity contribution in [2.24, 2.45) is 5.14 Å². The summed E-state index contributed by atoms with van der Waals surface area (Å²) in [4.78, 5) is 16.6. The molecule has 0 aromatic heterocycles. The zero-order valence-corrected chi connectivity index (χ0v) is 16.4. The Bertz CT molecular complexity index is 908. The number of rotatable bonds is 5. The van der Waals surface area contributed by atoms with Gasteiger partial charge in [-0.2, -0.15) is 0 Å². The van der Waals surface area contributed by atoms with Crippen molar-refractivity contribution in [3.63, 3.8) is 0 Å². The van der Waals surface area contributed by atoms with E-state index in [0.29, 0.717) is 31.0 Å². The Morgan fingerprint density at radius 1 is 1.04 bits per heavy atom. The molecule has 144 valence electrons. The van der Waals surface area contributed by atoms with Crippen molar-refractivity contribution in [1.29, 1.82) is 0 Å². The minimum atomic E-state index is -3.69. The Balaban J connectivity index is 1.50. The summed E-state index contributed by atoms with van der Waals surface area (Å²) >= 11 is 6.05. The summed E-state index contributed by atoms with van der Waals surface area (Å²) in [6, 6.07) is 14.1. The highest BCUT2D eigenvalue weighted by Crippen LogP contribution is 2.21. The first-order valence-corrected chi connectivity index (χ1v) is 10.7. The van der Waals surface area contributed by atoms with E-state index in [1.54, 1.807) is 12.1 Å². The molecule has 1 aliphatic rings. The maximum atomic E-state index is 12.5. The van der Waals surface area contributed by atoms with Gasteiger partial charge < -0.3 is 9.80 Å². The van der Waals surface area contributed by atoms with Crippen LogP contribution in [0.25, 0.3) is 0 Å². The number of carbonyl (C=O) groups is 1. The van der Waals surface area contributed by atoms with Gasteiger partial charge in [-0.3, -0.25) is 4.79 Å². The summed E-state index contributed by atoms with van der Waals surface area (Å²) in [6.45, 7) is 2.90. The fourth-order valence-electron chi connectivity index (χ4n) is 3.14. The molecular formula is C19H22ClN3O3S. The lowest BCUT2D eigenvalue weighted by atomic mass is 10.1. The van der Waals surface area contributed by atoms with E-state index in [1.807, 2.05) is 29.2 Å². The molecule has 2 aromatic carbocycles. The minimum Gasteiger partial charge on any atom is -0.368 e. The highest BCUT2D eigenvalue weighted by atomic mass is 35.5. The van der Waals surface area contributed by atoms with Crippen LogP contribution in [0.3, 0.4) is 0 Å². The topological polar surface area (TPSA) is 83.7 Å². The molecule has 3 rings (SSSR count). The largest absolute Gasteiger partial charge is 0.368 e. The molecule has 2 aromatic rings. The van der Waals surface area contributed by atoms with Gasteiger partial charge in [0.1, 0.15) is 0 Å². The van der Waals surface area contributed by atoms with Crippen molar-refractivity contribution in [3.05, 3.63) is 59.1 Å². The first kappa shape index (κ1) is 19.7. The molecule has 8 heteroatoms. The van der Waals surface area contributed by atoms with Crippen LogP contribution >= 0.6 is 11.6 Å². The van der Waals surface area contributed by atoms with Crippen LogP contribution in [0.15, 0.2) is 53.4 Å². The predicted molar refractivity (Wildman–Crippen MR) is 106 cm³/mol. The van der Waals surface area contributed by atoms with Crippen molar-refractivity contribution in [1.82, 2.24) is 4.90 Å². The Kier molecular flexibility index (Phi) is 6.04. The van der Waals surface area contributed by atoms with Gasteiger partial charge in [0.25, 0.3) is 0 Å². The predicted octanol–water partition coefficient (Wildman–Crippen LogP) is 2.27. The molecule has 1 amide bonds. The molecule has 1 saturated heterocycles. The summed E-state index contributed by atoms with van der Waals surface area (Å²) in [6.07, 6.45) is 0.962. The molecule has 2 N–H and O–H groups in total. The maximum Gasteiger partial charge on any atom is 0.238 e. The number of halogens is 1. The number of primary sulfonamides is 1. The van der Waals surface area contributed by atoms with E-state index >= 15 is 0 Å². The number of anilines is 1. The van der Waals surface area contributed by atoms with E-state index in [-0.39, 0.29) is 10.8 Å². The van der Waals surface area contributed by atoms with Crippen LogP contribution in [-0.4, -0.2) is 45.4 Å². The van der Waals surface area contributed by atoms with Crippen LogP contribution in [-0.2, 0) is 21.2 Å². The van der Waals surface area contributed by atoms with Crippen LogP contribution in [0.2, 0.25) is 5.02 Å². The fourth-order valence-corrected chi connectivity index (χ4v) is 3.84. The molecule has 0 atom stereocenters. The lowest BCUT2D eigenvalue weighted by molar-refractivity contribution is -0.131. The molecule has 1 heterocycles. The first-order valence-electron chi connectivity index (χ1n) is 8.73. The summed E-state index contributed by atoms with van der Waals surface area (Å²) in [5, 5.41) is 5.80. The second kappa shape index (κ2) is 8.29. The zero-order chi connectivity index (χ0) is 19.4. The third-order valence-corrected chi connectivity index (χ3v) is 5.85. The highest BCUT2D eigenvalue weighted by Gasteiger charge is 2.21. The second-order valence-corrected chi connectivity index (χ2v) is 8.53. The normalized spacial score (nSPS) is 15.0. The number of sulfonamides is 1. The van der Waals surface area contributed by atoms with Crippen LogP contribution in [0.1, 0.15) is 12.0 Å². The summed E-state index contributed by atoms with van der Waals surface area (Å²) in [5.74, 6) is 0.108. The maximum absolute atomic E-state index is 12.5. The number of aryl methyl sites for hydroxylation is 1. The second-order valence-electron chi connectivity index (χ2n) is 6.54. The number of nitrogens with two attached hydrogens (primary N) is 1. The van der Waals surface area contributed by atoms with Crippen LogP contribution < -0.4 is 10.0 Å². The Labute approximate surface area is 164 Å². The van der Waals surface area contributed by atoms with E-state index < -0.39 is 10.0 Å². The van der Waals surface area contributed by atoms with Gasteiger partial charge in [-0.15, -0.1) is 0 Å². The number of benzene rings is 2. The highest BCUT2D eigenvalue weighted by molar-refractivity contribution is 7.89. The van der Waals surface area contributed by atoms with Crippen molar-refractivity contribution in [2.75, 3.05) is 31.1 Å². The van der Waals surface area contributed by atoms with E-state index in [1.165, 1.54) is 12.1 Å². The van der Waals surface area contributed by atoms with Gasteiger partial charge in [-0.05, 0) is 42.3 Å². The quantitative estimate of drug-likeness (QED) is 0.824. The summed E-state index contributed by atoms with van der Waals surface area (Å²) < 4.78 is 22.5. The molecule has 1 aliphatic heterocycles. The number of nitrogens with zero attached hydrogens (tertiary/aromatic N) is 2. The van der Waals surface area contributed by atoms with Gasteiger partial charge in [-0.1, -0.05) is 29.8 Å².